The molecule has 17 heavy (non-hydrogen) atoms. The number of nitrogens with one attached hydrogen (secondary N) is 1. The Morgan fingerprint density at radius 1 is 1.35 bits per heavy atom. The van der Waals surface area contributed by atoms with Crippen LogP contribution in [0.3, 0.4) is 0 Å². The smallest absolute Gasteiger partial charge is 0.338 e. The Morgan fingerprint density at radius 3 is 2.82 bits per heavy atom. The first-order valence-corrected chi connectivity index (χ1v) is 6.06. The minimum atomic E-state index is -0.439. The van der Waals surface area contributed by atoms with E-state index in [4.69, 9.17) is 4.74 Å². The summed E-state index contributed by atoms with van der Waals surface area (Å²) in [7, 11) is 0. The van der Waals surface area contributed by atoms with Gasteiger partial charge in [-0.2, -0.15) is 0 Å². The number of rotatable bonds is 1. The van der Waals surface area contributed by atoms with Crippen LogP contribution in [0.2, 0.25) is 0 Å². The van der Waals surface area contributed by atoms with Crippen molar-refractivity contribution >= 4 is 11.7 Å². The maximum absolute atomic E-state index is 11.9. The van der Waals surface area contributed by atoms with Crippen molar-refractivity contribution in [3.8, 4) is 0 Å². The summed E-state index contributed by atoms with van der Waals surface area (Å²) >= 11 is 0. The number of aryl methyl sites for hydroxylation is 1. The molecule has 1 heterocycles. The molecule has 1 aromatic rings. The number of carbonyl (C=O) groups excluding carboxylic acids is 1. The van der Waals surface area contributed by atoms with Gasteiger partial charge >= 0.3 is 5.97 Å². The lowest BCUT2D eigenvalue weighted by molar-refractivity contribution is 0.00694. The van der Waals surface area contributed by atoms with Crippen molar-refractivity contribution in [2.75, 3.05) is 11.9 Å². The van der Waals surface area contributed by atoms with Crippen LogP contribution in [0.4, 0.5) is 5.69 Å². The Morgan fingerprint density at radius 2 is 2.12 bits per heavy atom. The van der Waals surface area contributed by atoms with Crippen molar-refractivity contribution in [2.45, 2.75) is 39.2 Å². The molecular formula is C14H19NO2. The summed E-state index contributed by atoms with van der Waals surface area (Å²) in [5, 5.41) is 3.32. The largest absolute Gasteiger partial charge is 0.456 e. The second-order valence-electron chi connectivity index (χ2n) is 5.40. The first kappa shape index (κ1) is 12.0. The lowest BCUT2D eigenvalue weighted by atomic mass is 10.0. The van der Waals surface area contributed by atoms with Crippen molar-refractivity contribution in [3.63, 3.8) is 0 Å². The summed E-state index contributed by atoms with van der Waals surface area (Å²) < 4.78 is 5.36. The zero-order valence-corrected chi connectivity index (χ0v) is 10.7. The zero-order valence-electron chi connectivity index (χ0n) is 10.7. The predicted octanol–water partition coefficient (Wildman–Crippen LogP) is 3.00. The van der Waals surface area contributed by atoms with Crippen LogP contribution in [0.1, 0.15) is 43.1 Å². The molecule has 0 unspecified atom stereocenters. The van der Waals surface area contributed by atoms with E-state index in [0.29, 0.717) is 5.56 Å². The normalized spacial score (nSPS) is 14.8. The van der Waals surface area contributed by atoms with Crippen molar-refractivity contribution in [1.82, 2.24) is 0 Å². The Hall–Kier alpha value is -1.51. The van der Waals surface area contributed by atoms with Gasteiger partial charge in [-0.3, -0.25) is 0 Å². The van der Waals surface area contributed by atoms with Gasteiger partial charge in [0.1, 0.15) is 5.60 Å². The molecule has 0 aliphatic carbocycles. The van der Waals surface area contributed by atoms with Crippen LogP contribution in [-0.2, 0) is 11.2 Å². The molecule has 3 nitrogen and oxygen atoms in total. The Labute approximate surface area is 102 Å². The molecule has 0 spiro atoms. The van der Waals surface area contributed by atoms with Crippen molar-refractivity contribution in [1.29, 1.82) is 0 Å². The Bertz CT molecular complexity index is 432. The first-order valence-electron chi connectivity index (χ1n) is 6.06. The molecule has 0 aromatic heterocycles. The van der Waals surface area contributed by atoms with Gasteiger partial charge in [0.25, 0.3) is 0 Å². The number of benzene rings is 1. The van der Waals surface area contributed by atoms with Gasteiger partial charge in [0.15, 0.2) is 0 Å². The van der Waals surface area contributed by atoms with E-state index in [-0.39, 0.29) is 5.97 Å². The van der Waals surface area contributed by atoms with Crippen molar-refractivity contribution < 1.29 is 9.53 Å². The predicted molar refractivity (Wildman–Crippen MR) is 68.4 cm³/mol. The number of ether oxygens (including phenoxy) is 1. The molecule has 0 fully saturated rings. The molecule has 1 N–H and O–H groups in total. The van der Waals surface area contributed by atoms with E-state index >= 15 is 0 Å². The molecule has 0 atom stereocenters. The standard InChI is InChI=1S/C14H19NO2/c1-14(2,3)17-13(16)11-6-7-12-10(9-11)5-4-8-15-12/h6-7,9,15H,4-5,8H2,1-3H3. The third-order valence-corrected chi connectivity index (χ3v) is 2.68. The fourth-order valence-electron chi connectivity index (χ4n) is 1.94. The van der Waals surface area contributed by atoms with Gasteiger partial charge in [-0.25, -0.2) is 4.79 Å². The fraction of sp³-hybridized carbons (Fsp3) is 0.500. The highest BCUT2D eigenvalue weighted by Crippen LogP contribution is 2.24. The zero-order chi connectivity index (χ0) is 12.5. The number of fused-ring (bicyclic) bond motifs is 1. The summed E-state index contributed by atoms with van der Waals surface area (Å²) in [6.07, 6.45) is 2.14. The summed E-state index contributed by atoms with van der Waals surface area (Å²) in [6.45, 7) is 6.65. The summed E-state index contributed by atoms with van der Waals surface area (Å²) in [4.78, 5) is 11.9. The molecule has 0 amide bonds. The highest BCUT2D eigenvalue weighted by atomic mass is 16.6. The van der Waals surface area contributed by atoms with Gasteiger partial charge in [-0.1, -0.05) is 0 Å². The van der Waals surface area contributed by atoms with Gasteiger partial charge < -0.3 is 10.1 Å². The van der Waals surface area contributed by atoms with E-state index in [1.807, 2.05) is 39.0 Å². The first-order chi connectivity index (χ1) is 7.96. The fourth-order valence-corrected chi connectivity index (χ4v) is 1.94. The van der Waals surface area contributed by atoms with Crippen LogP contribution >= 0.6 is 0 Å². The monoisotopic (exact) mass is 233 g/mol. The molecule has 3 heteroatoms. The summed E-state index contributed by atoms with van der Waals surface area (Å²) in [5.74, 6) is -0.245. The molecule has 2 rings (SSSR count). The van der Waals surface area contributed by atoms with Gasteiger partial charge in [0.2, 0.25) is 0 Å². The van der Waals surface area contributed by atoms with Crippen LogP contribution in [0, 0.1) is 0 Å². The van der Waals surface area contributed by atoms with Crippen LogP contribution in [0.25, 0.3) is 0 Å². The number of anilines is 1. The number of hydrogen-bond acceptors (Lipinski definition) is 3. The molecule has 1 aliphatic heterocycles. The lowest BCUT2D eigenvalue weighted by Gasteiger charge is -2.21. The topological polar surface area (TPSA) is 38.3 Å². The van der Waals surface area contributed by atoms with E-state index in [1.54, 1.807) is 0 Å². The van der Waals surface area contributed by atoms with Gasteiger partial charge in [-0.05, 0) is 57.4 Å². The minimum absolute atomic E-state index is 0.245. The van der Waals surface area contributed by atoms with Gasteiger partial charge in [0.05, 0.1) is 5.56 Å². The minimum Gasteiger partial charge on any atom is -0.456 e. The molecule has 1 aromatic carbocycles. The molecular weight excluding hydrogens is 214 g/mol. The van der Waals surface area contributed by atoms with Gasteiger partial charge in [-0.15, -0.1) is 0 Å². The Balaban J connectivity index is 2.19. The highest BCUT2D eigenvalue weighted by Gasteiger charge is 2.19. The average molecular weight is 233 g/mol. The SMILES string of the molecule is CC(C)(C)OC(=O)c1ccc2c(c1)CCCN2. The number of esters is 1. The molecule has 0 saturated carbocycles. The van der Waals surface area contributed by atoms with E-state index < -0.39 is 5.60 Å². The van der Waals surface area contributed by atoms with Crippen LogP contribution in [0.5, 0.6) is 0 Å². The van der Waals surface area contributed by atoms with Gasteiger partial charge in [0, 0.05) is 12.2 Å². The number of hydrogen-bond donors (Lipinski definition) is 1. The van der Waals surface area contributed by atoms with Crippen molar-refractivity contribution in [3.05, 3.63) is 29.3 Å². The molecule has 92 valence electrons. The second kappa shape index (κ2) is 4.40. The molecule has 0 bridgehead atoms. The van der Waals surface area contributed by atoms with Crippen LogP contribution in [-0.4, -0.2) is 18.1 Å². The Kier molecular flexibility index (Phi) is 3.09. The van der Waals surface area contributed by atoms with Crippen LogP contribution in [0.15, 0.2) is 18.2 Å². The van der Waals surface area contributed by atoms with E-state index in [2.05, 4.69) is 5.32 Å². The molecule has 1 aliphatic rings. The van der Waals surface area contributed by atoms with E-state index in [0.717, 1.165) is 25.1 Å². The van der Waals surface area contributed by atoms with Crippen molar-refractivity contribution in [2.24, 2.45) is 0 Å². The lowest BCUT2D eigenvalue weighted by Crippen LogP contribution is -2.24. The number of carbonyl (C=O) groups is 1. The molecule has 0 saturated heterocycles. The maximum atomic E-state index is 11.9. The molecule has 0 radical (unpaired) electrons. The summed E-state index contributed by atoms with van der Waals surface area (Å²) in [5.41, 5.74) is 2.55. The average Bonchev–Trinajstić information content (AvgIpc) is 2.26. The summed E-state index contributed by atoms with van der Waals surface area (Å²) in [6, 6.07) is 5.73. The quantitative estimate of drug-likeness (QED) is 0.758. The third kappa shape index (κ3) is 2.99. The van der Waals surface area contributed by atoms with E-state index in [1.165, 1.54) is 5.56 Å². The highest BCUT2D eigenvalue weighted by molar-refractivity contribution is 5.90. The van der Waals surface area contributed by atoms with Crippen LogP contribution < -0.4 is 5.32 Å². The second-order valence-corrected chi connectivity index (χ2v) is 5.40. The third-order valence-electron chi connectivity index (χ3n) is 2.68. The maximum Gasteiger partial charge on any atom is 0.338 e. The van der Waals surface area contributed by atoms with E-state index in [9.17, 15) is 4.79 Å².